The van der Waals surface area contributed by atoms with Crippen LogP contribution in [0.4, 0.5) is 0 Å². The number of furan rings is 1. The predicted octanol–water partition coefficient (Wildman–Crippen LogP) is 0.833. The van der Waals surface area contributed by atoms with E-state index in [9.17, 15) is 0 Å². The van der Waals surface area contributed by atoms with Crippen LogP contribution < -0.4 is 24.0 Å². The van der Waals surface area contributed by atoms with E-state index < -0.39 is 0 Å². The van der Waals surface area contributed by atoms with Crippen LogP contribution in [0.25, 0.3) is 0 Å². The minimum absolute atomic E-state index is 0. The maximum Gasteiger partial charge on any atom is 0.158 e. The van der Waals surface area contributed by atoms with Gasteiger partial charge in [0, 0.05) is 8.03 Å². The van der Waals surface area contributed by atoms with Gasteiger partial charge in [0.25, 0.3) is 0 Å². The zero-order chi connectivity index (χ0) is 13.4. The van der Waals surface area contributed by atoms with Gasteiger partial charge < -0.3 is 37.6 Å². The Labute approximate surface area is 136 Å². The maximum atomic E-state index is 5.75. The molecule has 0 aliphatic rings. The lowest BCUT2D eigenvalue weighted by molar-refractivity contribution is -0.884. The number of hydrogen-bond donors (Lipinski definition) is 0. The second-order valence-corrected chi connectivity index (χ2v) is 5.93. The Kier molecular flexibility index (Phi) is 9.74. The molecule has 114 valence electrons. The largest absolute Gasteiger partial charge is 1.00 e. The van der Waals surface area contributed by atoms with E-state index in [1.807, 2.05) is 6.07 Å². The van der Waals surface area contributed by atoms with Gasteiger partial charge in [-0.1, -0.05) is 26.2 Å². The number of hydrogen-bond acceptors (Lipinski definition) is 2. The zero-order valence-electron chi connectivity index (χ0n) is 12.7. The summed E-state index contributed by atoms with van der Waals surface area (Å²) < 4.78 is 12.2. The smallest absolute Gasteiger partial charge is 0.158 e. The third-order valence-corrected chi connectivity index (χ3v) is 2.73. The molecular weight excluding hydrogens is 353 g/mol. The van der Waals surface area contributed by atoms with Crippen molar-refractivity contribution in [1.29, 1.82) is 0 Å². The summed E-state index contributed by atoms with van der Waals surface area (Å²) in [7, 11) is 6.48. The molecule has 1 aromatic rings. The van der Waals surface area contributed by atoms with Crippen LogP contribution in [0.2, 0.25) is 0 Å². The average molecular weight is 384 g/mol. The van der Waals surface area contributed by atoms with Gasteiger partial charge >= 0.3 is 0 Å². The molecular formula is C15H30INO2. The highest BCUT2D eigenvalue weighted by atomic mass is 127. The molecule has 0 spiro atoms. The van der Waals surface area contributed by atoms with Gasteiger partial charge in [0.15, 0.2) is 5.76 Å². The summed E-state index contributed by atoms with van der Waals surface area (Å²) >= 11 is 0. The monoisotopic (exact) mass is 384 g/mol. The molecule has 4 heteroatoms. The predicted molar refractivity (Wildman–Crippen MR) is 76.4 cm³/mol. The first kappa shape index (κ1) is 18.9. The van der Waals surface area contributed by atoms with Gasteiger partial charge in [-0.25, -0.2) is 0 Å². The highest BCUT2D eigenvalue weighted by Crippen LogP contribution is 2.13. The molecule has 0 atom stereocenters. The van der Waals surface area contributed by atoms with Gasteiger partial charge in [-0.3, -0.25) is 0 Å². The highest BCUT2D eigenvalue weighted by molar-refractivity contribution is 5.05. The fourth-order valence-corrected chi connectivity index (χ4v) is 1.86. The van der Waals surface area contributed by atoms with Gasteiger partial charge in [-0.2, -0.15) is 0 Å². The van der Waals surface area contributed by atoms with Crippen molar-refractivity contribution >= 4 is 0 Å². The molecule has 0 amide bonds. The van der Waals surface area contributed by atoms with E-state index in [2.05, 4.69) is 34.1 Å². The number of quaternary nitrogens is 1. The summed E-state index contributed by atoms with van der Waals surface area (Å²) in [6.07, 6.45) is 4.99. The van der Waals surface area contributed by atoms with E-state index >= 15 is 0 Å². The lowest BCUT2D eigenvalue weighted by Gasteiger charge is -2.22. The Bertz CT molecular complexity index is 337. The minimum Gasteiger partial charge on any atom is -1.00 e. The molecule has 0 unspecified atom stereocenters. The number of halogens is 1. The van der Waals surface area contributed by atoms with E-state index in [-0.39, 0.29) is 25.4 Å². The van der Waals surface area contributed by atoms with Crippen LogP contribution in [0.1, 0.15) is 45.6 Å². The zero-order valence-corrected chi connectivity index (χ0v) is 14.9. The molecule has 0 bridgehead atoms. The molecule has 0 saturated carbocycles. The Morgan fingerprint density at radius 3 is 2.42 bits per heavy atom. The lowest BCUT2D eigenvalue weighted by atomic mass is 10.2. The molecule has 0 aliphatic heterocycles. The van der Waals surface area contributed by atoms with Gasteiger partial charge in [0.1, 0.15) is 18.9 Å². The number of nitrogens with zero attached hydrogens (tertiary/aromatic N) is 1. The Balaban J connectivity index is 0. The maximum absolute atomic E-state index is 5.75. The molecule has 1 heterocycles. The van der Waals surface area contributed by atoms with Gasteiger partial charge in [0.2, 0.25) is 0 Å². The standard InChI is InChI=1S/C15H28NO2.HI.H2/c1-5-6-7-8-11-17-13-15-10-9-14(18-15)12-16(2,3)4;;/h9-10H,5-8,11-13H2,1-4H3;2*1H/q+1;;/p-1/i;;1+1. The van der Waals surface area contributed by atoms with E-state index in [1.54, 1.807) is 0 Å². The molecule has 0 fully saturated rings. The van der Waals surface area contributed by atoms with Crippen LogP contribution in [-0.4, -0.2) is 32.2 Å². The van der Waals surface area contributed by atoms with Crippen molar-refractivity contribution in [2.24, 2.45) is 0 Å². The Morgan fingerprint density at radius 1 is 1.11 bits per heavy atom. The third kappa shape index (κ3) is 9.46. The summed E-state index contributed by atoms with van der Waals surface area (Å²) in [5, 5.41) is 0. The summed E-state index contributed by atoms with van der Waals surface area (Å²) in [5.41, 5.74) is 0. The lowest BCUT2D eigenvalue weighted by Crippen LogP contribution is -3.00. The molecule has 19 heavy (non-hydrogen) atoms. The van der Waals surface area contributed by atoms with Crippen LogP contribution in [0.15, 0.2) is 16.5 Å². The van der Waals surface area contributed by atoms with E-state index in [0.717, 1.165) is 35.6 Å². The van der Waals surface area contributed by atoms with Crippen LogP contribution in [0.5, 0.6) is 0 Å². The van der Waals surface area contributed by atoms with Crippen molar-refractivity contribution < 1.29 is 39.0 Å². The number of rotatable bonds is 9. The first-order valence-electron chi connectivity index (χ1n) is 6.97. The van der Waals surface area contributed by atoms with Crippen LogP contribution in [0.3, 0.4) is 0 Å². The highest BCUT2D eigenvalue weighted by Gasteiger charge is 2.12. The van der Waals surface area contributed by atoms with E-state index in [0.29, 0.717) is 6.61 Å². The van der Waals surface area contributed by atoms with Crippen molar-refractivity contribution in [3.05, 3.63) is 23.7 Å². The van der Waals surface area contributed by atoms with Crippen LogP contribution in [0, 0.1) is 0 Å². The van der Waals surface area contributed by atoms with Crippen molar-refractivity contribution in [2.75, 3.05) is 27.7 Å². The molecule has 1 rings (SSSR count). The second-order valence-electron chi connectivity index (χ2n) is 5.93. The summed E-state index contributed by atoms with van der Waals surface area (Å²) in [4.78, 5) is 0. The van der Waals surface area contributed by atoms with Crippen molar-refractivity contribution in [1.82, 2.24) is 0 Å². The minimum atomic E-state index is 0. The third-order valence-electron chi connectivity index (χ3n) is 2.73. The van der Waals surface area contributed by atoms with Gasteiger partial charge in [-0.15, -0.1) is 0 Å². The van der Waals surface area contributed by atoms with Crippen LogP contribution >= 0.6 is 0 Å². The van der Waals surface area contributed by atoms with Gasteiger partial charge in [-0.05, 0) is 18.6 Å². The quantitative estimate of drug-likeness (QED) is 0.358. The van der Waals surface area contributed by atoms with Crippen LogP contribution in [-0.2, 0) is 17.9 Å². The molecule has 3 nitrogen and oxygen atoms in total. The topological polar surface area (TPSA) is 22.4 Å². The molecule has 0 radical (unpaired) electrons. The second kappa shape index (κ2) is 9.77. The number of unbranched alkanes of at least 4 members (excludes halogenated alkanes) is 3. The fraction of sp³-hybridized carbons (Fsp3) is 0.733. The van der Waals surface area contributed by atoms with Crippen molar-refractivity contribution in [3.63, 3.8) is 0 Å². The molecule has 0 aliphatic carbocycles. The fourth-order valence-electron chi connectivity index (χ4n) is 1.86. The van der Waals surface area contributed by atoms with Crippen molar-refractivity contribution in [2.45, 2.75) is 45.8 Å². The summed E-state index contributed by atoms with van der Waals surface area (Å²) in [5.74, 6) is 1.97. The molecule has 1 aromatic heterocycles. The number of ether oxygens (including phenoxy) is 1. The average Bonchev–Trinajstić information content (AvgIpc) is 2.68. The Hall–Kier alpha value is -0.0700. The molecule has 0 saturated heterocycles. The normalized spacial score (nSPS) is 11.4. The van der Waals surface area contributed by atoms with E-state index in [1.165, 1.54) is 19.3 Å². The molecule has 0 aromatic carbocycles. The summed E-state index contributed by atoms with van der Waals surface area (Å²) in [6, 6.07) is 4.08. The first-order chi connectivity index (χ1) is 8.51. The SMILES string of the molecule is CCCCCCOCc1ccc(C[N+](C)(C)C)o1.[2HH].[I-]. The first-order valence-corrected chi connectivity index (χ1v) is 6.97. The Morgan fingerprint density at radius 2 is 1.79 bits per heavy atom. The van der Waals surface area contributed by atoms with Crippen molar-refractivity contribution in [3.8, 4) is 0 Å². The van der Waals surface area contributed by atoms with Gasteiger partial charge in [0.05, 0.1) is 21.1 Å². The van der Waals surface area contributed by atoms with E-state index in [4.69, 9.17) is 9.15 Å². The molecule has 0 N–H and O–H groups in total. The summed E-state index contributed by atoms with van der Waals surface area (Å²) in [6.45, 7) is 4.57.